The summed E-state index contributed by atoms with van der Waals surface area (Å²) in [5.74, 6) is 0.924. The Morgan fingerprint density at radius 2 is 1.74 bits per heavy atom. The third kappa shape index (κ3) is 12.2. The van der Waals surface area contributed by atoms with Crippen LogP contribution < -0.4 is 15.0 Å². The van der Waals surface area contributed by atoms with Gasteiger partial charge >= 0.3 is 0 Å². The summed E-state index contributed by atoms with van der Waals surface area (Å²) in [6.07, 6.45) is 8.59. The van der Waals surface area contributed by atoms with Gasteiger partial charge in [0.2, 0.25) is 0 Å². The summed E-state index contributed by atoms with van der Waals surface area (Å²) in [7, 11) is 0. The van der Waals surface area contributed by atoms with Crippen LogP contribution in [0.1, 0.15) is 12.8 Å². The minimum absolute atomic E-state index is 0.131. The van der Waals surface area contributed by atoms with Crippen LogP contribution in [0, 0.1) is 0 Å². The fraction of sp³-hybridized carbons (Fsp3) is 0.294. The summed E-state index contributed by atoms with van der Waals surface area (Å²) in [6.45, 7) is 1.11. The molecule has 0 bridgehead atoms. The Bertz CT molecular complexity index is 653. The first-order valence-corrected chi connectivity index (χ1v) is 10.8. The van der Waals surface area contributed by atoms with Gasteiger partial charge in [-0.05, 0) is 56.9 Å². The van der Waals surface area contributed by atoms with Crippen molar-refractivity contribution in [2.45, 2.75) is 12.8 Å². The average molecular weight is 585 g/mol. The van der Waals surface area contributed by atoms with E-state index in [0.29, 0.717) is 34.8 Å². The monoisotopic (exact) mass is 581 g/mol. The molecule has 0 spiro atoms. The van der Waals surface area contributed by atoms with Crippen molar-refractivity contribution in [3.05, 3.63) is 54.5 Å². The lowest BCUT2D eigenvalue weighted by Crippen LogP contribution is -2.06. The summed E-state index contributed by atoms with van der Waals surface area (Å²) in [4.78, 5) is 5.13. The number of hydrogen-bond acceptors (Lipinski definition) is 4. The van der Waals surface area contributed by atoms with Gasteiger partial charge in [0.25, 0.3) is 0 Å². The van der Waals surface area contributed by atoms with E-state index in [1.165, 1.54) is 6.08 Å². The fourth-order valence-corrected chi connectivity index (χ4v) is 2.63. The highest BCUT2D eigenvalue weighted by molar-refractivity contribution is 9.28. The van der Waals surface area contributed by atoms with Crippen LogP contribution >= 0.6 is 78.3 Å². The van der Waals surface area contributed by atoms with Crippen molar-refractivity contribution in [1.82, 2.24) is 5.48 Å². The molecule has 0 heterocycles. The number of rotatable bonds is 12. The zero-order chi connectivity index (χ0) is 20.1. The second-order valence-electron chi connectivity index (χ2n) is 4.84. The Morgan fingerprint density at radius 1 is 1.04 bits per heavy atom. The molecule has 0 aliphatic heterocycles. The zero-order valence-corrected chi connectivity index (χ0v) is 20.2. The van der Waals surface area contributed by atoms with Crippen molar-refractivity contribution in [3.8, 4) is 11.5 Å². The lowest BCUT2D eigenvalue weighted by atomic mass is 10.3. The predicted octanol–water partition coefficient (Wildman–Crippen LogP) is 7.52. The first-order valence-electron chi connectivity index (χ1n) is 7.69. The van der Waals surface area contributed by atoms with Crippen LogP contribution in [0.2, 0.25) is 10.0 Å². The number of allylic oxidation sites excluding steroid dienone is 1. The molecule has 150 valence electrons. The van der Waals surface area contributed by atoms with Crippen LogP contribution in [0.3, 0.4) is 0 Å². The van der Waals surface area contributed by atoms with Crippen molar-refractivity contribution < 1.29 is 14.3 Å². The zero-order valence-electron chi connectivity index (χ0n) is 14.0. The summed E-state index contributed by atoms with van der Waals surface area (Å²) in [5.41, 5.74) is 2.71. The van der Waals surface area contributed by atoms with E-state index in [1.54, 1.807) is 18.3 Å². The van der Waals surface area contributed by atoms with E-state index in [0.717, 1.165) is 16.2 Å². The molecule has 1 aromatic rings. The predicted molar refractivity (Wildman–Crippen MR) is 121 cm³/mol. The number of ether oxygens (including phenoxy) is 2. The highest BCUT2D eigenvalue weighted by Gasteiger charge is 2.10. The number of halogens is 6. The second kappa shape index (κ2) is 14.9. The molecular weight excluding hydrogens is 568 g/mol. The molecular formula is C17H17Br2Cl4NO3. The molecule has 0 atom stereocenters. The molecule has 0 saturated carbocycles. The highest BCUT2D eigenvalue weighted by atomic mass is 79.9. The largest absolute Gasteiger partial charge is 0.490 e. The maximum atomic E-state index is 6.20. The van der Waals surface area contributed by atoms with Crippen LogP contribution in [-0.2, 0) is 4.84 Å². The van der Waals surface area contributed by atoms with Crippen LogP contribution in [0.15, 0.2) is 44.4 Å². The summed E-state index contributed by atoms with van der Waals surface area (Å²) in [6, 6.07) is 3.25. The molecule has 1 aromatic carbocycles. The van der Waals surface area contributed by atoms with Gasteiger partial charge in [0.1, 0.15) is 16.8 Å². The van der Waals surface area contributed by atoms with Crippen LogP contribution in [-0.4, -0.2) is 19.8 Å². The standard InChI is InChI=1S/C17H17Br2Cl4NO3/c18-15(19)4-9-27-24-6-2-1-3-7-26-17-13(20)10-12(11-14(17)21)25-8-5-16(22)23/h2,4-6,10-11,24H,1,3,7-9H2. The third-order valence-electron chi connectivity index (χ3n) is 2.81. The maximum Gasteiger partial charge on any atom is 0.156 e. The molecule has 1 N–H and O–H groups in total. The van der Waals surface area contributed by atoms with E-state index in [4.69, 9.17) is 60.7 Å². The fourth-order valence-electron chi connectivity index (χ4n) is 1.67. The van der Waals surface area contributed by atoms with Crippen molar-refractivity contribution in [2.75, 3.05) is 19.8 Å². The molecule has 0 aromatic heterocycles. The van der Waals surface area contributed by atoms with E-state index in [1.807, 2.05) is 12.2 Å². The first-order chi connectivity index (χ1) is 12.9. The van der Waals surface area contributed by atoms with Gasteiger partial charge < -0.3 is 9.47 Å². The van der Waals surface area contributed by atoms with Gasteiger partial charge in [-0.25, -0.2) is 0 Å². The van der Waals surface area contributed by atoms with Gasteiger partial charge in [0, 0.05) is 18.3 Å². The molecule has 0 radical (unpaired) electrons. The SMILES string of the molecule is ClC(Cl)=CCOc1cc(Cl)c(OCCCC=CNOCC=C(Br)Br)c(Cl)c1. The summed E-state index contributed by atoms with van der Waals surface area (Å²) < 4.78 is 12.1. The Balaban J connectivity index is 2.32. The molecule has 0 unspecified atom stereocenters. The van der Waals surface area contributed by atoms with Crippen molar-refractivity contribution in [1.29, 1.82) is 0 Å². The number of unbranched alkanes of at least 4 members (excludes halogenated alkanes) is 1. The molecule has 0 aliphatic rings. The van der Waals surface area contributed by atoms with Crippen LogP contribution in [0.25, 0.3) is 0 Å². The van der Waals surface area contributed by atoms with Gasteiger partial charge in [-0.2, -0.15) is 0 Å². The number of hydrogen-bond donors (Lipinski definition) is 1. The van der Waals surface area contributed by atoms with Crippen molar-refractivity contribution in [3.63, 3.8) is 0 Å². The number of nitrogens with one attached hydrogen (secondary N) is 1. The first kappa shape index (κ1) is 25.0. The summed E-state index contributed by atoms with van der Waals surface area (Å²) >= 11 is 29.9. The Hall–Kier alpha value is -0.0800. The molecule has 0 fully saturated rings. The van der Waals surface area contributed by atoms with Crippen molar-refractivity contribution in [2.24, 2.45) is 0 Å². The number of benzene rings is 1. The van der Waals surface area contributed by atoms with Gasteiger partial charge in [0.05, 0.1) is 26.7 Å². The van der Waals surface area contributed by atoms with Gasteiger partial charge in [-0.15, -0.1) is 0 Å². The van der Waals surface area contributed by atoms with E-state index in [9.17, 15) is 0 Å². The van der Waals surface area contributed by atoms with E-state index in [2.05, 4.69) is 37.3 Å². The highest BCUT2D eigenvalue weighted by Crippen LogP contribution is 2.37. The van der Waals surface area contributed by atoms with Crippen LogP contribution in [0.5, 0.6) is 11.5 Å². The molecule has 27 heavy (non-hydrogen) atoms. The quantitative estimate of drug-likeness (QED) is 0.204. The van der Waals surface area contributed by atoms with E-state index >= 15 is 0 Å². The molecule has 0 saturated heterocycles. The maximum absolute atomic E-state index is 6.20. The second-order valence-corrected chi connectivity index (χ2v) is 9.43. The average Bonchev–Trinajstić information content (AvgIpc) is 2.58. The van der Waals surface area contributed by atoms with E-state index in [-0.39, 0.29) is 11.1 Å². The smallest absolute Gasteiger partial charge is 0.156 e. The number of hydroxylamine groups is 1. The topological polar surface area (TPSA) is 39.7 Å². The normalized spacial score (nSPS) is 10.6. The molecule has 1 rings (SSSR count). The Kier molecular flexibility index (Phi) is 13.7. The minimum atomic E-state index is 0.131. The summed E-state index contributed by atoms with van der Waals surface area (Å²) in [5, 5.41) is 0.741. The molecule has 0 amide bonds. The third-order valence-corrected chi connectivity index (χ3v) is 4.33. The molecule has 4 nitrogen and oxygen atoms in total. The molecule has 0 aliphatic carbocycles. The molecule has 10 heteroatoms. The van der Waals surface area contributed by atoms with Gasteiger partial charge in [-0.3, -0.25) is 10.3 Å². The van der Waals surface area contributed by atoms with Crippen LogP contribution in [0.4, 0.5) is 0 Å². The lowest BCUT2D eigenvalue weighted by molar-refractivity contribution is 0.0953. The van der Waals surface area contributed by atoms with Crippen molar-refractivity contribution >= 4 is 78.3 Å². The Morgan fingerprint density at radius 3 is 2.37 bits per heavy atom. The van der Waals surface area contributed by atoms with Gasteiger partial charge in [-0.1, -0.05) is 52.5 Å². The van der Waals surface area contributed by atoms with E-state index < -0.39 is 0 Å². The van der Waals surface area contributed by atoms with Gasteiger partial charge in [0.15, 0.2) is 5.75 Å². The minimum Gasteiger partial charge on any atom is -0.490 e. The lowest BCUT2D eigenvalue weighted by Gasteiger charge is -2.12. The Labute approximate surface area is 195 Å².